The number of aliphatic hydroxyl groups is 1. The van der Waals surface area contributed by atoms with Crippen molar-refractivity contribution in [1.29, 1.82) is 0 Å². The van der Waals surface area contributed by atoms with Gasteiger partial charge >= 0.3 is 0 Å². The fraction of sp³-hybridized carbons (Fsp3) is 0.130. The summed E-state index contributed by atoms with van der Waals surface area (Å²) < 4.78 is 24.4. The highest BCUT2D eigenvalue weighted by Gasteiger charge is 2.48. The lowest BCUT2D eigenvalue weighted by molar-refractivity contribution is -0.132. The van der Waals surface area contributed by atoms with Crippen LogP contribution in [-0.4, -0.2) is 23.4 Å². The summed E-state index contributed by atoms with van der Waals surface area (Å²) in [6.07, 6.45) is 1.39. The van der Waals surface area contributed by atoms with Crippen LogP contribution in [0.4, 0.5) is 10.1 Å². The quantitative estimate of drug-likeness (QED) is 0.338. The van der Waals surface area contributed by atoms with Gasteiger partial charge in [0.2, 0.25) is 0 Å². The van der Waals surface area contributed by atoms with Gasteiger partial charge in [0.05, 0.1) is 23.5 Å². The van der Waals surface area contributed by atoms with E-state index in [0.717, 1.165) is 4.90 Å². The third-order valence-corrected chi connectivity index (χ3v) is 5.20. The molecule has 1 amide bonds. The van der Waals surface area contributed by atoms with Gasteiger partial charge in [-0.2, -0.15) is 0 Å². The molecule has 0 bridgehead atoms. The van der Waals surface area contributed by atoms with Crippen LogP contribution in [0.2, 0.25) is 5.02 Å². The van der Waals surface area contributed by atoms with E-state index in [1.807, 2.05) is 0 Å². The van der Waals surface area contributed by atoms with Gasteiger partial charge in [0.1, 0.15) is 29.1 Å². The smallest absolute Gasteiger partial charge is 0.300 e. The Labute approximate surface area is 182 Å². The van der Waals surface area contributed by atoms with Crippen LogP contribution in [0.3, 0.4) is 0 Å². The minimum Gasteiger partial charge on any atom is -0.507 e. The molecule has 1 unspecified atom stereocenters. The van der Waals surface area contributed by atoms with E-state index in [1.54, 1.807) is 25.1 Å². The Morgan fingerprint density at radius 2 is 1.94 bits per heavy atom. The first-order valence-electron chi connectivity index (χ1n) is 9.45. The second kappa shape index (κ2) is 8.28. The van der Waals surface area contributed by atoms with Crippen LogP contribution in [0, 0.1) is 5.82 Å². The predicted octanol–water partition coefficient (Wildman–Crippen LogP) is 5.10. The van der Waals surface area contributed by atoms with Gasteiger partial charge in [0.15, 0.2) is 0 Å². The number of halogens is 2. The van der Waals surface area contributed by atoms with E-state index in [1.165, 1.54) is 42.7 Å². The lowest BCUT2D eigenvalue weighted by Crippen LogP contribution is -2.29. The Hall–Kier alpha value is -3.58. The summed E-state index contributed by atoms with van der Waals surface area (Å²) in [5.74, 6) is -2.06. The molecular formula is C23H17ClFNO5. The lowest BCUT2D eigenvalue weighted by Gasteiger charge is -2.23. The molecule has 3 aromatic rings. The molecular weight excluding hydrogens is 425 g/mol. The molecule has 4 rings (SSSR count). The fourth-order valence-corrected chi connectivity index (χ4v) is 3.71. The first-order chi connectivity index (χ1) is 14.9. The van der Waals surface area contributed by atoms with E-state index in [4.69, 9.17) is 20.8 Å². The summed E-state index contributed by atoms with van der Waals surface area (Å²) in [7, 11) is 0. The van der Waals surface area contributed by atoms with Gasteiger partial charge in [0, 0.05) is 11.3 Å². The standard InChI is InChI=1S/C23H17ClFNO5/c1-2-30-15-9-10-17(24)16(12-15)21(27)19-20(18-4-3-11-31-18)26(23(29)22(19)28)14-7-5-13(25)6-8-14/h3-12,20,27H,2H2,1H3/b21-19-. The number of carbonyl (C=O) groups excluding carboxylic acids is 2. The first-order valence-corrected chi connectivity index (χ1v) is 9.83. The number of nitrogens with zero attached hydrogens (tertiary/aromatic N) is 1. The molecule has 0 radical (unpaired) electrons. The minimum absolute atomic E-state index is 0.140. The Balaban J connectivity index is 1.92. The summed E-state index contributed by atoms with van der Waals surface area (Å²) in [6.45, 7) is 2.20. The van der Waals surface area contributed by atoms with Crippen LogP contribution in [0.5, 0.6) is 5.75 Å². The summed E-state index contributed by atoms with van der Waals surface area (Å²) in [4.78, 5) is 27.1. The molecule has 158 valence electrons. The fourth-order valence-electron chi connectivity index (χ4n) is 3.50. The van der Waals surface area contributed by atoms with Crippen LogP contribution in [-0.2, 0) is 9.59 Å². The zero-order valence-corrected chi connectivity index (χ0v) is 17.1. The molecule has 1 aromatic heterocycles. The van der Waals surface area contributed by atoms with Crippen molar-refractivity contribution in [2.45, 2.75) is 13.0 Å². The number of hydrogen-bond acceptors (Lipinski definition) is 5. The molecule has 1 N–H and O–H groups in total. The van der Waals surface area contributed by atoms with Crippen molar-refractivity contribution >= 4 is 34.7 Å². The molecule has 2 aromatic carbocycles. The van der Waals surface area contributed by atoms with Crippen LogP contribution in [0.25, 0.3) is 5.76 Å². The van der Waals surface area contributed by atoms with Crippen LogP contribution in [0.1, 0.15) is 24.3 Å². The number of furan rings is 1. The summed E-state index contributed by atoms with van der Waals surface area (Å²) >= 11 is 6.27. The van der Waals surface area contributed by atoms with Crippen LogP contribution < -0.4 is 9.64 Å². The third-order valence-electron chi connectivity index (χ3n) is 4.87. The Bertz CT molecular complexity index is 1170. The molecule has 8 heteroatoms. The average Bonchev–Trinajstić information content (AvgIpc) is 3.37. The molecule has 0 aliphatic carbocycles. The second-order valence-corrected chi connectivity index (χ2v) is 7.14. The SMILES string of the molecule is CCOc1ccc(Cl)c(/C(O)=C2/C(=O)C(=O)N(c3ccc(F)cc3)C2c2ccco2)c1. The second-order valence-electron chi connectivity index (χ2n) is 6.74. The highest BCUT2D eigenvalue weighted by Crippen LogP contribution is 2.43. The molecule has 0 saturated carbocycles. The van der Waals surface area contributed by atoms with Gasteiger partial charge in [-0.3, -0.25) is 14.5 Å². The number of ketones is 1. The van der Waals surface area contributed by atoms with E-state index in [9.17, 15) is 19.1 Å². The van der Waals surface area contributed by atoms with E-state index in [-0.39, 0.29) is 27.6 Å². The molecule has 31 heavy (non-hydrogen) atoms. The van der Waals surface area contributed by atoms with E-state index in [2.05, 4.69) is 0 Å². The van der Waals surface area contributed by atoms with Crippen LogP contribution >= 0.6 is 11.6 Å². The maximum absolute atomic E-state index is 13.4. The number of aliphatic hydroxyl groups excluding tert-OH is 1. The number of benzene rings is 2. The molecule has 2 heterocycles. The lowest BCUT2D eigenvalue weighted by atomic mass is 9.99. The van der Waals surface area contributed by atoms with Crippen molar-refractivity contribution in [3.8, 4) is 5.75 Å². The number of rotatable bonds is 5. The highest BCUT2D eigenvalue weighted by atomic mass is 35.5. The maximum Gasteiger partial charge on any atom is 0.300 e. The Morgan fingerprint density at radius 3 is 2.58 bits per heavy atom. The van der Waals surface area contributed by atoms with Gasteiger partial charge in [-0.15, -0.1) is 0 Å². The van der Waals surface area contributed by atoms with Gasteiger partial charge in [-0.1, -0.05) is 11.6 Å². The summed E-state index contributed by atoms with van der Waals surface area (Å²) in [5, 5.41) is 11.3. The number of anilines is 1. The normalized spacial score (nSPS) is 17.9. The molecule has 1 aliphatic heterocycles. The van der Waals surface area contributed by atoms with Crippen molar-refractivity contribution in [1.82, 2.24) is 0 Å². The molecule has 1 atom stereocenters. The van der Waals surface area contributed by atoms with Crippen molar-refractivity contribution in [2.24, 2.45) is 0 Å². The summed E-state index contributed by atoms with van der Waals surface area (Å²) in [6, 6.07) is 11.9. The van der Waals surface area contributed by atoms with Crippen LogP contribution in [0.15, 0.2) is 70.9 Å². The Morgan fingerprint density at radius 1 is 1.19 bits per heavy atom. The van der Waals surface area contributed by atoms with E-state index in [0.29, 0.717) is 12.4 Å². The highest BCUT2D eigenvalue weighted by molar-refractivity contribution is 6.51. The minimum atomic E-state index is -1.06. The zero-order valence-electron chi connectivity index (χ0n) is 16.3. The molecule has 1 saturated heterocycles. The number of Topliss-reactive ketones (excluding diaryl/α,β-unsaturated/α-hetero) is 1. The summed E-state index contributed by atoms with van der Waals surface area (Å²) in [5.41, 5.74) is 0.221. The number of carbonyl (C=O) groups is 2. The largest absolute Gasteiger partial charge is 0.507 e. The Kier molecular flexibility index (Phi) is 5.52. The zero-order chi connectivity index (χ0) is 22.1. The van der Waals surface area contributed by atoms with Crippen molar-refractivity contribution < 1.29 is 28.2 Å². The topological polar surface area (TPSA) is 80.0 Å². The van der Waals surface area contributed by atoms with Gasteiger partial charge in [-0.25, -0.2) is 4.39 Å². The van der Waals surface area contributed by atoms with E-state index < -0.39 is 29.3 Å². The maximum atomic E-state index is 13.4. The third kappa shape index (κ3) is 3.68. The van der Waals surface area contributed by atoms with Gasteiger partial charge < -0.3 is 14.3 Å². The van der Waals surface area contributed by atoms with Gasteiger partial charge in [0.25, 0.3) is 11.7 Å². The first kappa shape index (κ1) is 20.7. The average molecular weight is 442 g/mol. The molecule has 1 fully saturated rings. The molecule has 1 aliphatic rings. The van der Waals surface area contributed by atoms with Crippen molar-refractivity contribution in [2.75, 3.05) is 11.5 Å². The number of amides is 1. The van der Waals surface area contributed by atoms with Crippen molar-refractivity contribution in [3.05, 3.63) is 88.6 Å². The van der Waals surface area contributed by atoms with E-state index >= 15 is 0 Å². The van der Waals surface area contributed by atoms with Crippen molar-refractivity contribution in [3.63, 3.8) is 0 Å². The molecule has 0 spiro atoms. The number of ether oxygens (including phenoxy) is 1. The van der Waals surface area contributed by atoms with Gasteiger partial charge in [-0.05, 0) is 61.5 Å². The predicted molar refractivity (Wildman–Crippen MR) is 113 cm³/mol. The monoisotopic (exact) mass is 441 g/mol. The number of hydrogen-bond donors (Lipinski definition) is 1. The molecule has 6 nitrogen and oxygen atoms in total.